The lowest BCUT2D eigenvalue weighted by Crippen LogP contribution is -2.46. The molecule has 1 aromatic rings. The molecule has 1 rings (SSSR count). The number of ether oxygens (including phenoxy) is 1. The van der Waals surface area contributed by atoms with Crippen LogP contribution in [0.4, 0.5) is 0 Å². The first-order chi connectivity index (χ1) is 9.10. The van der Waals surface area contributed by atoms with Crippen molar-refractivity contribution in [2.24, 2.45) is 0 Å². The molecule has 20 heavy (non-hydrogen) atoms. The topological polar surface area (TPSA) is 88.3 Å². The van der Waals surface area contributed by atoms with E-state index in [2.05, 4.69) is 10.3 Å². The second-order valence-electron chi connectivity index (χ2n) is 5.65. The zero-order chi connectivity index (χ0) is 15.5. The van der Waals surface area contributed by atoms with Crippen LogP contribution in [0, 0.1) is 0 Å². The molecule has 0 aliphatic carbocycles. The number of esters is 1. The monoisotopic (exact) mass is 280 g/mol. The number of aromatic nitrogens is 1. The van der Waals surface area contributed by atoms with Crippen molar-refractivity contribution < 1.29 is 19.1 Å². The van der Waals surface area contributed by atoms with E-state index in [1.807, 2.05) is 20.8 Å². The summed E-state index contributed by atoms with van der Waals surface area (Å²) in [5.74, 6) is -1.20. The van der Waals surface area contributed by atoms with Crippen molar-refractivity contribution in [1.29, 1.82) is 0 Å². The van der Waals surface area contributed by atoms with Gasteiger partial charge in [-0.1, -0.05) is 0 Å². The van der Waals surface area contributed by atoms with Crippen molar-refractivity contribution >= 4 is 17.7 Å². The second-order valence-corrected chi connectivity index (χ2v) is 5.65. The predicted molar refractivity (Wildman–Crippen MR) is 73.6 cm³/mol. The van der Waals surface area contributed by atoms with Gasteiger partial charge in [0.1, 0.15) is 5.69 Å². The third-order valence-corrected chi connectivity index (χ3v) is 2.46. The molecule has 1 heterocycles. The number of carbonyl (C=O) groups excluding carboxylic acids is 3. The van der Waals surface area contributed by atoms with Crippen molar-refractivity contribution in [3.05, 3.63) is 23.5 Å². The fraction of sp³-hybridized carbons (Fsp3) is 0.500. The standard InChI is InChI=1S/C14H20N2O4/c1-8(17)10-6-11(15-7-10)13(19)20-9(2)12(18)16-14(3,4)5/h6-7,9,15H,1-5H3,(H,16,18)/t9-/m1/s1. The summed E-state index contributed by atoms with van der Waals surface area (Å²) in [5.41, 5.74) is 0.140. The molecule has 110 valence electrons. The van der Waals surface area contributed by atoms with Gasteiger partial charge in [-0.25, -0.2) is 4.79 Å². The fourth-order valence-corrected chi connectivity index (χ4v) is 1.46. The molecule has 6 nitrogen and oxygen atoms in total. The molecule has 0 bridgehead atoms. The minimum atomic E-state index is -0.911. The molecule has 0 aliphatic heterocycles. The maximum absolute atomic E-state index is 11.8. The Morgan fingerprint density at radius 3 is 2.35 bits per heavy atom. The predicted octanol–water partition coefficient (Wildman–Crippen LogP) is 1.68. The Bertz CT molecular complexity index is 526. The van der Waals surface area contributed by atoms with Gasteiger partial charge in [0.15, 0.2) is 11.9 Å². The maximum Gasteiger partial charge on any atom is 0.355 e. The first-order valence-electron chi connectivity index (χ1n) is 6.32. The Morgan fingerprint density at radius 2 is 1.90 bits per heavy atom. The number of hydrogen-bond donors (Lipinski definition) is 2. The Balaban J connectivity index is 2.65. The molecule has 1 atom stereocenters. The Hall–Kier alpha value is -2.11. The lowest BCUT2D eigenvalue weighted by Gasteiger charge is -2.23. The summed E-state index contributed by atoms with van der Waals surface area (Å²) in [6, 6.07) is 1.40. The molecule has 0 spiro atoms. The van der Waals surface area contributed by atoms with E-state index in [4.69, 9.17) is 4.74 Å². The van der Waals surface area contributed by atoms with E-state index in [0.717, 1.165) is 0 Å². The van der Waals surface area contributed by atoms with Crippen molar-refractivity contribution in [3.63, 3.8) is 0 Å². The first kappa shape index (κ1) is 15.9. The van der Waals surface area contributed by atoms with Crippen molar-refractivity contribution in [3.8, 4) is 0 Å². The zero-order valence-corrected chi connectivity index (χ0v) is 12.4. The summed E-state index contributed by atoms with van der Waals surface area (Å²) in [7, 11) is 0. The molecule has 6 heteroatoms. The van der Waals surface area contributed by atoms with E-state index >= 15 is 0 Å². The van der Waals surface area contributed by atoms with Crippen molar-refractivity contribution in [2.45, 2.75) is 46.3 Å². The number of carbonyl (C=O) groups is 3. The molecule has 1 aromatic heterocycles. The molecule has 2 N–H and O–H groups in total. The number of ketones is 1. The third-order valence-electron chi connectivity index (χ3n) is 2.46. The molecule has 0 radical (unpaired) electrons. The highest BCUT2D eigenvalue weighted by Crippen LogP contribution is 2.08. The van der Waals surface area contributed by atoms with Crippen LogP contribution < -0.4 is 5.32 Å². The highest BCUT2D eigenvalue weighted by Gasteiger charge is 2.23. The van der Waals surface area contributed by atoms with Crippen LogP contribution in [0.1, 0.15) is 55.5 Å². The molecule has 0 fully saturated rings. The van der Waals surface area contributed by atoms with Crippen LogP contribution in [0.3, 0.4) is 0 Å². The summed E-state index contributed by atoms with van der Waals surface area (Å²) in [5, 5.41) is 2.72. The SMILES string of the molecule is CC(=O)c1c[nH]c(C(=O)O[C@H](C)C(=O)NC(C)(C)C)c1. The molecule has 0 unspecified atom stereocenters. The molecule has 0 aromatic carbocycles. The number of amides is 1. The van der Waals surface area contributed by atoms with Gasteiger partial charge >= 0.3 is 5.97 Å². The molecule has 1 amide bonds. The Labute approximate surface area is 117 Å². The quantitative estimate of drug-likeness (QED) is 0.648. The lowest BCUT2D eigenvalue weighted by molar-refractivity contribution is -0.130. The Kier molecular flexibility index (Phi) is 4.70. The van der Waals surface area contributed by atoms with Gasteiger partial charge in [-0.2, -0.15) is 0 Å². The van der Waals surface area contributed by atoms with Gasteiger partial charge in [0.05, 0.1) is 0 Å². The third kappa shape index (κ3) is 4.53. The fourth-order valence-electron chi connectivity index (χ4n) is 1.46. The van der Waals surface area contributed by atoms with Crippen LogP contribution in [0.5, 0.6) is 0 Å². The van der Waals surface area contributed by atoms with Crippen LogP contribution in [0.25, 0.3) is 0 Å². The molecular weight excluding hydrogens is 260 g/mol. The average molecular weight is 280 g/mol. The number of Topliss-reactive ketones (excluding diaryl/α,β-unsaturated/α-hetero) is 1. The van der Waals surface area contributed by atoms with Crippen molar-refractivity contribution in [2.75, 3.05) is 0 Å². The Morgan fingerprint density at radius 1 is 1.30 bits per heavy atom. The highest BCUT2D eigenvalue weighted by atomic mass is 16.5. The zero-order valence-electron chi connectivity index (χ0n) is 12.4. The van der Waals surface area contributed by atoms with Gasteiger partial charge in [-0.05, 0) is 40.7 Å². The lowest BCUT2D eigenvalue weighted by atomic mass is 10.1. The number of hydrogen-bond acceptors (Lipinski definition) is 4. The summed E-state index contributed by atoms with van der Waals surface area (Å²) >= 11 is 0. The van der Waals surface area contributed by atoms with E-state index in [1.165, 1.54) is 26.1 Å². The van der Waals surface area contributed by atoms with Crippen LogP contribution >= 0.6 is 0 Å². The van der Waals surface area contributed by atoms with E-state index in [0.29, 0.717) is 5.56 Å². The normalized spacial score (nSPS) is 12.7. The molecule has 0 saturated carbocycles. The van der Waals surface area contributed by atoms with Gasteiger partial charge in [0.25, 0.3) is 5.91 Å². The van der Waals surface area contributed by atoms with Crippen molar-refractivity contribution in [1.82, 2.24) is 10.3 Å². The molecule has 0 saturated heterocycles. The van der Waals surface area contributed by atoms with Crippen LogP contribution in [0.15, 0.2) is 12.3 Å². The van der Waals surface area contributed by atoms with Gasteiger partial charge < -0.3 is 15.0 Å². The summed E-state index contributed by atoms with van der Waals surface area (Å²) in [6.07, 6.45) is 0.518. The summed E-state index contributed by atoms with van der Waals surface area (Å²) in [6.45, 7) is 8.40. The van der Waals surface area contributed by atoms with Gasteiger partial charge in [-0.3, -0.25) is 9.59 Å². The smallest absolute Gasteiger partial charge is 0.355 e. The number of rotatable bonds is 4. The van der Waals surface area contributed by atoms with Gasteiger partial charge in [0.2, 0.25) is 0 Å². The minimum Gasteiger partial charge on any atom is -0.448 e. The number of H-pyrrole nitrogens is 1. The highest BCUT2D eigenvalue weighted by molar-refractivity contribution is 5.98. The minimum absolute atomic E-state index is 0.144. The first-order valence-corrected chi connectivity index (χ1v) is 6.32. The van der Waals surface area contributed by atoms with Crippen LogP contribution in [0.2, 0.25) is 0 Å². The van der Waals surface area contributed by atoms with Gasteiger partial charge in [-0.15, -0.1) is 0 Å². The summed E-state index contributed by atoms with van der Waals surface area (Å²) in [4.78, 5) is 37.4. The van der Waals surface area contributed by atoms with E-state index in [-0.39, 0.29) is 17.4 Å². The second kappa shape index (κ2) is 5.90. The van der Waals surface area contributed by atoms with E-state index in [9.17, 15) is 14.4 Å². The summed E-state index contributed by atoms with van der Waals surface area (Å²) < 4.78 is 5.04. The molecule has 0 aliphatic rings. The molecular formula is C14H20N2O4. The maximum atomic E-state index is 11.8. The van der Waals surface area contributed by atoms with Crippen LogP contribution in [-0.4, -0.2) is 34.3 Å². The van der Waals surface area contributed by atoms with Crippen LogP contribution in [-0.2, 0) is 9.53 Å². The van der Waals surface area contributed by atoms with E-state index in [1.54, 1.807) is 0 Å². The van der Waals surface area contributed by atoms with Gasteiger partial charge in [0, 0.05) is 17.3 Å². The number of aromatic amines is 1. The van der Waals surface area contributed by atoms with E-state index < -0.39 is 17.6 Å². The number of nitrogens with one attached hydrogen (secondary N) is 2. The largest absolute Gasteiger partial charge is 0.448 e. The average Bonchev–Trinajstić information content (AvgIpc) is 2.75.